The summed E-state index contributed by atoms with van der Waals surface area (Å²) in [6.07, 6.45) is 0. The second kappa shape index (κ2) is 4.06. The molecule has 0 fully saturated rings. The van der Waals surface area contributed by atoms with Crippen molar-refractivity contribution >= 4 is 0 Å². The summed E-state index contributed by atoms with van der Waals surface area (Å²) in [5, 5.41) is 9.80. The molecule has 15 heavy (non-hydrogen) atoms. The molecule has 0 saturated carbocycles. The van der Waals surface area contributed by atoms with Crippen molar-refractivity contribution in [2.24, 2.45) is 0 Å². The van der Waals surface area contributed by atoms with Gasteiger partial charge in [0.2, 0.25) is 5.82 Å². The van der Waals surface area contributed by atoms with Crippen molar-refractivity contribution in [2.75, 3.05) is 14.2 Å². The predicted molar refractivity (Wildman–Crippen MR) is 54.7 cm³/mol. The topological polar surface area (TPSA) is 38.7 Å². The molecule has 0 aliphatic carbocycles. The van der Waals surface area contributed by atoms with Gasteiger partial charge in [0.05, 0.1) is 19.8 Å². The molecular formula is C11H15FO3. The Morgan fingerprint density at radius 3 is 2.20 bits per heavy atom. The lowest BCUT2D eigenvalue weighted by Crippen LogP contribution is -2.17. The first kappa shape index (κ1) is 11.8. The maximum Gasteiger partial charge on any atom is 0.207 e. The number of halogens is 1. The Labute approximate surface area is 88.4 Å². The van der Waals surface area contributed by atoms with Gasteiger partial charge >= 0.3 is 0 Å². The van der Waals surface area contributed by atoms with Crippen molar-refractivity contribution in [1.82, 2.24) is 0 Å². The molecule has 1 aromatic rings. The number of hydrogen-bond donors (Lipinski definition) is 1. The van der Waals surface area contributed by atoms with Crippen LogP contribution in [0.4, 0.5) is 4.39 Å². The Morgan fingerprint density at radius 1 is 1.20 bits per heavy atom. The number of benzene rings is 1. The lowest BCUT2D eigenvalue weighted by Gasteiger charge is -2.21. The molecule has 4 heteroatoms. The monoisotopic (exact) mass is 214 g/mol. The average Bonchev–Trinajstić information content (AvgIpc) is 2.15. The normalized spacial score (nSPS) is 11.3. The van der Waals surface area contributed by atoms with E-state index in [0.29, 0.717) is 5.56 Å². The van der Waals surface area contributed by atoms with Gasteiger partial charge in [0.1, 0.15) is 0 Å². The largest absolute Gasteiger partial charge is 0.494 e. The van der Waals surface area contributed by atoms with E-state index in [2.05, 4.69) is 0 Å². The fourth-order valence-electron chi connectivity index (χ4n) is 1.38. The van der Waals surface area contributed by atoms with Crippen LogP contribution in [-0.2, 0) is 5.60 Å². The minimum atomic E-state index is -1.15. The quantitative estimate of drug-likeness (QED) is 0.837. The highest BCUT2D eigenvalue weighted by Crippen LogP contribution is 2.36. The molecule has 3 nitrogen and oxygen atoms in total. The summed E-state index contributed by atoms with van der Waals surface area (Å²) in [5.41, 5.74) is -0.762. The van der Waals surface area contributed by atoms with Gasteiger partial charge in [-0.05, 0) is 26.0 Å². The van der Waals surface area contributed by atoms with Gasteiger partial charge in [0.25, 0.3) is 0 Å². The molecule has 1 rings (SSSR count). The van der Waals surface area contributed by atoms with Crippen LogP contribution in [-0.4, -0.2) is 19.3 Å². The predicted octanol–water partition coefficient (Wildman–Crippen LogP) is 2.07. The van der Waals surface area contributed by atoms with Crippen LogP contribution in [0.25, 0.3) is 0 Å². The third-order valence-corrected chi connectivity index (χ3v) is 2.14. The van der Waals surface area contributed by atoms with E-state index in [4.69, 9.17) is 9.47 Å². The third kappa shape index (κ3) is 2.21. The highest BCUT2D eigenvalue weighted by molar-refractivity contribution is 5.45. The lowest BCUT2D eigenvalue weighted by molar-refractivity contribution is 0.0748. The molecule has 0 saturated heterocycles. The third-order valence-electron chi connectivity index (χ3n) is 2.14. The Balaban J connectivity index is 3.38. The molecule has 0 radical (unpaired) electrons. The van der Waals surface area contributed by atoms with E-state index in [1.165, 1.54) is 20.3 Å². The van der Waals surface area contributed by atoms with Gasteiger partial charge in [-0.25, -0.2) is 0 Å². The summed E-state index contributed by atoms with van der Waals surface area (Å²) < 4.78 is 23.5. The van der Waals surface area contributed by atoms with Crippen LogP contribution in [0.3, 0.4) is 0 Å². The van der Waals surface area contributed by atoms with E-state index in [9.17, 15) is 9.50 Å². The maximum atomic E-state index is 13.7. The van der Waals surface area contributed by atoms with E-state index in [0.717, 1.165) is 0 Å². The van der Waals surface area contributed by atoms with Crippen molar-refractivity contribution < 1.29 is 19.0 Å². The molecule has 0 aliphatic rings. The molecular weight excluding hydrogens is 199 g/mol. The fraction of sp³-hybridized carbons (Fsp3) is 0.455. The molecule has 0 heterocycles. The zero-order valence-electron chi connectivity index (χ0n) is 9.30. The Bertz CT molecular complexity index is 356. The van der Waals surface area contributed by atoms with Crippen LogP contribution in [0, 0.1) is 5.82 Å². The van der Waals surface area contributed by atoms with Crippen LogP contribution >= 0.6 is 0 Å². The van der Waals surface area contributed by atoms with Crippen LogP contribution < -0.4 is 9.47 Å². The molecule has 0 amide bonds. The van der Waals surface area contributed by atoms with Crippen molar-refractivity contribution in [1.29, 1.82) is 0 Å². The highest BCUT2D eigenvalue weighted by Gasteiger charge is 2.25. The van der Waals surface area contributed by atoms with Crippen LogP contribution in [0.5, 0.6) is 11.5 Å². The summed E-state index contributed by atoms with van der Waals surface area (Å²) in [5.74, 6) is -0.485. The Hall–Kier alpha value is -1.29. The SMILES string of the molecule is COc1ccc(C(C)(C)O)c(OC)c1F. The number of hydrogen-bond acceptors (Lipinski definition) is 3. The molecule has 0 unspecified atom stereocenters. The van der Waals surface area contributed by atoms with Gasteiger partial charge in [0.15, 0.2) is 11.5 Å². The van der Waals surface area contributed by atoms with Gasteiger partial charge < -0.3 is 14.6 Å². The van der Waals surface area contributed by atoms with Crippen molar-refractivity contribution in [3.8, 4) is 11.5 Å². The second-order valence-corrected chi connectivity index (χ2v) is 3.72. The standard InChI is InChI=1S/C11H15FO3/c1-11(2,13)7-5-6-8(14-3)9(12)10(7)15-4/h5-6,13H,1-4H3. The van der Waals surface area contributed by atoms with Gasteiger partial charge in [-0.15, -0.1) is 0 Å². The number of rotatable bonds is 3. The smallest absolute Gasteiger partial charge is 0.207 e. The molecule has 0 spiro atoms. The summed E-state index contributed by atoms with van der Waals surface area (Å²) in [6.45, 7) is 3.13. The first-order valence-corrected chi connectivity index (χ1v) is 4.55. The summed E-state index contributed by atoms with van der Waals surface area (Å²) in [7, 11) is 2.73. The molecule has 0 bridgehead atoms. The van der Waals surface area contributed by atoms with Crippen molar-refractivity contribution in [2.45, 2.75) is 19.4 Å². The Kier molecular flexibility index (Phi) is 3.19. The molecule has 1 N–H and O–H groups in total. The van der Waals surface area contributed by atoms with E-state index < -0.39 is 11.4 Å². The Morgan fingerprint density at radius 2 is 1.80 bits per heavy atom. The minimum Gasteiger partial charge on any atom is -0.494 e. The van der Waals surface area contributed by atoms with Gasteiger partial charge in [-0.2, -0.15) is 4.39 Å². The molecule has 84 valence electrons. The molecule has 0 atom stereocenters. The molecule has 1 aromatic carbocycles. The number of aliphatic hydroxyl groups is 1. The summed E-state index contributed by atoms with van der Waals surface area (Å²) >= 11 is 0. The number of ether oxygens (including phenoxy) is 2. The lowest BCUT2D eigenvalue weighted by atomic mass is 9.97. The molecule has 0 aliphatic heterocycles. The summed E-state index contributed by atoms with van der Waals surface area (Å²) in [6, 6.07) is 3.05. The van der Waals surface area contributed by atoms with E-state index in [1.807, 2.05) is 0 Å². The van der Waals surface area contributed by atoms with Crippen molar-refractivity contribution in [3.63, 3.8) is 0 Å². The highest BCUT2D eigenvalue weighted by atomic mass is 19.1. The van der Waals surface area contributed by atoms with Crippen molar-refractivity contribution in [3.05, 3.63) is 23.5 Å². The maximum absolute atomic E-state index is 13.7. The van der Waals surface area contributed by atoms with Crippen LogP contribution in [0.15, 0.2) is 12.1 Å². The zero-order chi connectivity index (χ0) is 11.6. The van der Waals surface area contributed by atoms with Gasteiger partial charge in [-0.3, -0.25) is 0 Å². The fourth-order valence-corrected chi connectivity index (χ4v) is 1.38. The number of methoxy groups -OCH3 is 2. The first-order chi connectivity index (χ1) is 6.91. The molecule has 0 aromatic heterocycles. The second-order valence-electron chi connectivity index (χ2n) is 3.72. The van der Waals surface area contributed by atoms with Crippen LogP contribution in [0.1, 0.15) is 19.4 Å². The van der Waals surface area contributed by atoms with Gasteiger partial charge in [-0.1, -0.05) is 0 Å². The van der Waals surface area contributed by atoms with E-state index in [-0.39, 0.29) is 11.5 Å². The minimum absolute atomic E-state index is 0.0156. The van der Waals surface area contributed by atoms with Crippen LogP contribution in [0.2, 0.25) is 0 Å². The van der Waals surface area contributed by atoms with E-state index in [1.54, 1.807) is 19.9 Å². The van der Waals surface area contributed by atoms with E-state index >= 15 is 0 Å². The summed E-state index contributed by atoms with van der Waals surface area (Å²) in [4.78, 5) is 0. The first-order valence-electron chi connectivity index (χ1n) is 4.55. The average molecular weight is 214 g/mol. The van der Waals surface area contributed by atoms with Gasteiger partial charge in [0, 0.05) is 5.56 Å². The zero-order valence-corrected chi connectivity index (χ0v) is 9.30.